The van der Waals surface area contributed by atoms with Crippen LogP contribution in [0.2, 0.25) is 0 Å². The highest BCUT2D eigenvalue weighted by atomic mass is 32.2. The molecule has 0 saturated carbocycles. The van der Waals surface area contributed by atoms with Gasteiger partial charge in [0.25, 0.3) is 10.0 Å². The first-order chi connectivity index (χ1) is 9.97. The van der Waals surface area contributed by atoms with Crippen LogP contribution in [0, 0.1) is 11.3 Å². The van der Waals surface area contributed by atoms with Gasteiger partial charge in [-0.25, -0.2) is 8.42 Å². The lowest BCUT2D eigenvalue weighted by atomic mass is 10.2. The maximum Gasteiger partial charge on any atom is 0.265 e. The highest BCUT2D eigenvalue weighted by Crippen LogP contribution is 2.28. The van der Waals surface area contributed by atoms with Gasteiger partial charge in [0.2, 0.25) is 0 Å². The van der Waals surface area contributed by atoms with Gasteiger partial charge in [-0.15, -0.1) is 0 Å². The average molecular weight is 303 g/mol. The molecule has 2 aromatic rings. The van der Waals surface area contributed by atoms with E-state index in [2.05, 4.69) is 4.72 Å². The topological polar surface area (TPSA) is 105 Å². The summed E-state index contributed by atoms with van der Waals surface area (Å²) < 4.78 is 32.3. The van der Waals surface area contributed by atoms with Gasteiger partial charge in [0.05, 0.1) is 18.4 Å². The second-order valence-electron chi connectivity index (χ2n) is 4.17. The Labute approximate surface area is 122 Å². The van der Waals surface area contributed by atoms with E-state index in [-0.39, 0.29) is 21.9 Å². The molecule has 21 heavy (non-hydrogen) atoms. The van der Waals surface area contributed by atoms with Crippen LogP contribution in [-0.2, 0) is 10.0 Å². The van der Waals surface area contributed by atoms with Crippen LogP contribution in [0.5, 0.6) is 5.75 Å². The summed E-state index contributed by atoms with van der Waals surface area (Å²) in [5.74, 6) is 0.172. The van der Waals surface area contributed by atoms with Gasteiger partial charge in [-0.2, -0.15) is 5.26 Å². The number of benzene rings is 2. The number of rotatable bonds is 4. The average Bonchev–Trinajstić information content (AvgIpc) is 2.47. The number of methoxy groups -OCH3 is 1. The van der Waals surface area contributed by atoms with E-state index in [4.69, 9.17) is 15.7 Å². The third-order valence-corrected chi connectivity index (χ3v) is 4.16. The number of hydrogen-bond acceptors (Lipinski definition) is 5. The molecular formula is C14H13N3O3S. The van der Waals surface area contributed by atoms with E-state index >= 15 is 0 Å². The normalized spacial score (nSPS) is 10.7. The van der Waals surface area contributed by atoms with Gasteiger partial charge in [-0.1, -0.05) is 12.1 Å². The molecule has 0 bridgehead atoms. The molecule has 3 N–H and O–H groups in total. The van der Waals surface area contributed by atoms with Crippen LogP contribution in [0.3, 0.4) is 0 Å². The van der Waals surface area contributed by atoms with E-state index in [0.717, 1.165) is 0 Å². The minimum atomic E-state index is -3.92. The molecule has 0 heterocycles. The van der Waals surface area contributed by atoms with Gasteiger partial charge in [-0.3, -0.25) is 4.72 Å². The Hall–Kier alpha value is -2.72. The predicted octanol–water partition coefficient (Wildman–Crippen LogP) is 1.95. The molecule has 0 aliphatic heterocycles. The molecule has 0 aliphatic rings. The summed E-state index contributed by atoms with van der Waals surface area (Å²) >= 11 is 0. The van der Waals surface area contributed by atoms with Gasteiger partial charge in [0.15, 0.2) is 0 Å². The molecule has 0 aliphatic carbocycles. The summed E-state index contributed by atoms with van der Waals surface area (Å²) in [5, 5.41) is 9.00. The number of anilines is 2. The molecular weight excluding hydrogens is 290 g/mol. The number of nitriles is 1. The third-order valence-electron chi connectivity index (χ3n) is 2.77. The fourth-order valence-corrected chi connectivity index (χ4v) is 3.06. The monoisotopic (exact) mass is 303 g/mol. The third kappa shape index (κ3) is 3.07. The Bertz CT molecular complexity index is 810. The van der Waals surface area contributed by atoms with Crippen molar-refractivity contribution in [2.45, 2.75) is 4.90 Å². The van der Waals surface area contributed by atoms with E-state index in [1.807, 2.05) is 6.07 Å². The highest BCUT2D eigenvalue weighted by Gasteiger charge is 2.21. The molecule has 7 heteroatoms. The van der Waals surface area contributed by atoms with Crippen LogP contribution < -0.4 is 15.2 Å². The molecule has 2 rings (SSSR count). The first-order valence-corrected chi connectivity index (χ1v) is 7.41. The molecule has 0 amide bonds. The minimum absolute atomic E-state index is 0.0854. The summed E-state index contributed by atoms with van der Waals surface area (Å²) in [5.41, 5.74) is 6.35. The SMILES string of the molecule is COc1ccc(N)cc1S(=O)(=O)Nc1ccccc1C#N. The van der Waals surface area contributed by atoms with E-state index in [1.54, 1.807) is 18.2 Å². The number of sulfonamides is 1. The number of hydrogen-bond donors (Lipinski definition) is 2. The summed E-state index contributed by atoms with van der Waals surface area (Å²) in [6.45, 7) is 0. The quantitative estimate of drug-likeness (QED) is 0.840. The zero-order chi connectivity index (χ0) is 15.5. The molecule has 0 fully saturated rings. The van der Waals surface area contributed by atoms with Crippen molar-refractivity contribution in [3.63, 3.8) is 0 Å². The van der Waals surface area contributed by atoms with Gasteiger partial charge in [-0.05, 0) is 30.3 Å². The molecule has 0 aromatic heterocycles. The van der Waals surface area contributed by atoms with Crippen LogP contribution in [-0.4, -0.2) is 15.5 Å². The van der Waals surface area contributed by atoms with Crippen molar-refractivity contribution in [3.8, 4) is 11.8 Å². The predicted molar refractivity (Wildman–Crippen MR) is 79.4 cm³/mol. The van der Waals surface area contributed by atoms with Gasteiger partial charge < -0.3 is 10.5 Å². The van der Waals surface area contributed by atoms with Crippen molar-refractivity contribution in [1.82, 2.24) is 0 Å². The van der Waals surface area contributed by atoms with Crippen LogP contribution in [0.1, 0.15) is 5.56 Å². The smallest absolute Gasteiger partial charge is 0.265 e. The second kappa shape index (κ2) is 5.73. The Balaban J connectivity index is 2.49. The summed E-state index contributed by atoms with van der Waals surface area (Å²) in [6.07, 6.45) is 0. The minimum Gasteiger partial charge on any atom is -0.495 e. The van der Waals surface area contributed by atoms with E-state index in [0.29, 0.717) is 5.69 Å². The summed E-state index contributed by atoms with van der Waals surface area (Å²) in [4.78, 5) is -0.0854. The van der Waals surface area contributed by atoms with Crippen molar-refractivity contribution in [2.75, 3.05) is 17.6 Å². The number of nitrogens with zero attached hydrogens (tertiary/aromatic N) is 1. The molecule has 6 nitrogen and oxygen atoms in total. The Morgan fingerprint density at radius 2 is 1.95 bits per heavy atom. The van der Waals surface area contributed by atoms with Crippen LogP contribution in [0.15, 0.2) is 47.4 Å². The number of ether oxygens (including phenoxy) is 1. The van der Waals surface area contributed by atoms with E-state index in [9.17, 15) is 8.42 Å². The summed E-state index contributed by atoms with van der Waals surface area (Å²) in [7, 11) is -2.55. The molecule has 108 valence electrons. The fraction of sp³-hybridized carbons (Fsp3) is 0.0714. The first kappa shape index (κ1) is 14.7. The zero-order valence-corrected chi connectivity index (χ0v) is 12.0. The van der Waals surface area contributed by atoms with E-state index in [1.165, 1.54) is 31.4 Å². The standard InChI is InChI=1S/C14H13N3O3S/c1-20-13-7-6-11(16)8-14(13)21(18,19)17-12-5-3-2-4-10(12)9-15/h2-8,17H,16H2,1H3. The van der Waals surface area contributed by atoms with Crippen LogP contribution in [0.25, 0.3) is 0 Å². The molecule has 0 unspecified atom stereocenters. The van der Waals surface area contributed by atoms with Gasteiger partial charge in [0.1, 0.15) is 16.7 Å². The number of nitrogens with two attached hydrogens (primary N) is 1. The number of nitrogens with one attached hydrogen (secondary N) is 1. The molecule has 0 radical (unpaired) electrons. The van der Waals surface area contributed by atoms with Crippen molar-refractivity contribution >= 4 is 21.4 Å². The van der Waals surface area contributed by atoms with Crippen molar-refractivity contribution in [1.29, 1.82) is 5.26 Å². The highest BCUT2D eigenvalue weighted by molar-refractivity contribution is 7.92. The van der Waals surface area contributed by atoms with Crippen LogP contribution in [0.4, 0.5) is 11.4 Å². The fourth-order valence-electron chi connectivity index (χ4n) is 1.77. The second-order valence-corrected chi connectivity index (χ2v) is 5.82. The number of para-hydroxylation sites is 1. The lowest BCUT2D eigenvalue weighted by molar-refractivity contribution is 0.403. The Kier molecular flexibility index (Phi) is 4.00. The lowest BCUT2D eigenvalue weighted by Gasteiger charge is -2.12. The van der Waals surface area contributed by atoms with Gasteiger partial charge >= 0.3 is 0 Å². The Morgan fingerprint density at radius 1 is 1.24 bits per heavy atom. The zero-order valence-electron chi connectivity index (χ0n) is 11.2. The van der Waals surface area contributed by atoms with Crippen molar-refractivity contribution in [3.05, 3.63) is 48.0 Å². The molecule has 2 aromatic carbocycles. The molecule has 0 spiro atoms. The maximum atomic E-state index is 12.4. The Morgan fingerprint density at radius 3 is 2.62 bits per heavy atom. The maximum absolute atomic E-state index is 12.4. The molecule has 0 atom stereocenters. The van der Waals surface area contributed by atoms with E-state index < -0.39 is 10.0 Å². The van der Waals surface area contributed by atoms with Crippen molar-refractivity contribution < 1.29 is 13.2 Å². The first-order valence-electron chi connectivity index (χ1n) is 5.93. The number of nitrogen functional groups attached to an aromatic ring is 1. The largest absolute Gasteiger partial charge is 0.495 e. The lowest BCUT2D eigenvalue weighted by Crippen LogP contribution is -2.15. The van der Waals surface area contributed by atoms with Gasteiger partial charge in [0, 0.05) is 5.69 Å². The summed E-state index contributed by atoms with van der Waals surface area (Å²) in [6, 6.07) is 12.6. The van der Waals surface area contributed by atoms with Crippen molar-refractivity contribution in [2.24, 2.45) is 0 Å². The molecule has 0 saturated heterocycles. The van der Waals surface area contributed by atoms with Crippen LogP contribution >= 0.6 is 0 Å².